The lowest BCUT2D eigenvalue weighted by Crippen LogP contribution is -2.28. The van der Waals surface area contributed by atoms with Gasteiger partial charge in [0.05, 0.1) is 5.56 Å². The Morgan fingerprint density at radius 1 is 1.36 bits per heavy atom. The second kappa shape index (κ2) is 6.24. The van der Waals surface area contributed by atoms with Gasteiger partial charge in [0.25, 0.3) is 5.91 Å². The molecular weight excluding hydrogens is 276 g/mol. The van der Waals surface area contributed by atoms with Gasteiger partial charge in [-0.25, -0.2) is 4.98 Å². The van der Waals surface area contributed by atoms with Gasteiger partial charge in [-0.3, -0.25) is 4.79 Å². The second-order valence-electron chi connectivity index (χ2n) is 6.68. The number of hydrogen-bond acceptors (Lipinski definition) is 4. The first-order valence-corrected chi connectivity index (χ1v) is 8.23. The summed E-state index contributed by atoms with van der Waals surface area (Å²) >= 11 is 0. The zero-order valence-electron chi connectivity index (χ0n) is 13.9. The monoisotopic (exact) mass is 302 g/mol. The molecule has 3 rings (SSSR count). The van der Waals surface area contributed by atoms with Crippen molar-refractivity contribution in [2.75, 3.05) is 45.7 Å². The molecule has 0 radical (unpaired) electrons. The summed E-state index contributed by atoms with van der Waals surface area (Å²) < 4.78 is 0. The Kier molecular flexibility index (Phi) is 4.34. The molecule has 0 unspecified atom stereocenters. The Balaban J connectivity index is 1.85. The highest BCUT2D eigenvalue weighted by Gasteiger charge is 2.26. The number of fused-ring (bicyclic) bond motifs is 1. The van der Waals surface area contributed by atoms with Crippen molar-refractivity contribution in [2.24, 2.45) is 5.92 Å². The molecule has 5 heteroatoms. The predicted molar refractivity (Wildman–Crippen MR) is 88.5 cm³/mol. The van der Waals surface area contributed by atoms with E-state index >= 15 is 0 Å². The molecule has 5 nitrogen and oxygen atoms in total. The van der Waals surface area contributed by atoms with E-state index in [9.17, 15) is 4.79 Å². The van der Waals surface area contributed by atoms with Crippen LogP contribution in [0, 0.1) is 5.92 Å². The van der Waals surface area contributed by atoms with Gasteiger partial charge in [0.1, 0.15) is 5.82 Å². The van der Waals surface area contributed by atoms with E-state index < -0.39 is 0 Å². The fraction of sp³-hybridized carbons (Fsp3) is 0.647. The molecule has 0 atom stereocenters. The maximum absolute atomic E-state index is 12.1. The summed E-state index contributed by atoms with van der Waals surface area (Å²) in [7, 11) is 5.55. The molecule has 2 aliphatic rings. The number of nitrogens with one attached hydrogen (secondary N) is 1. The molecule has 1 fully saturated rings. The Labute approximate surface area is 132 Å². The summed E-state index contributed by atoms with van der Waals surface area (Å²) in [4.78, 5) is 21.4. The van der Waals surface area contributed by atoms with Crippen molar-refractivity contribution in [3.05, 3.63) is 22.9 Å². The lowest BCUT2D eigenvalue weighted by Gasteiger charge is -2.18. The zero-order chi connectivity index (χ0) is 15.7. The van der Waals surface area contributed by atoms with Crippen molar-refractivity contribution in [2.45, 2.75) is 25.7 Å². The van der Waals surface area contributed by atoms with Crippen LogP contribution in [0.2, 0.25) is 0 Å². The number of rotatable bonds is 4. The van der Waals surface area contributed by atoms with Crippen LogP contribution in [0.5, 0.6) is 0 Å². The molecule has 1 aromatic rings. The summed E-state index contributed by atoms with van der Waals surface area (Å²) in [5.41, 5.74) is 3.08. The van der Waals surface area contributed by atoms with E-state index in [-0.39, 0.29) is 5.91 Å². The van der Waals surface area contributed by atoms with Crippen LogP contribution in [0.3, 0.4) is 0 Å². The van der Waals surface area contributed by atoms with Gasteiger partial charge in [-0.1, -0.05) is 0 Å². The third-order valence-corrected chi connectivity index (χ3v) is 4.64. The van der Waals surface area contributed by atoms with Gasteiger partial charge in [-0.05, 0) is 36.8 Å². The number of hydrogen-bond donors (Lipinski definition) is 1. The molecule has 2 heterocycles. The topological polar surface area (TPSA) is 48.5 Å². The predicted octanol–water partition coefficient (Wildman–Crippen LogP) is 1.32. The highest BCUT2D eigenvalue weighted by Crippen LogP contribution is 2.30. The van der Waals surface area contributed by atoms with Crippen LogP contribution in [-0.2, 0) is 12.8 Å². The van der Waals surface area contributed by atoms with Crippen molar-refractivity contribution in [3.8, 4) is 0 Å². The molecule has 22 heavy (non-hydrogen) atoms. The molecule has 1 aliphatic carbocycles. The average molecular weight is 302 g/mol. The maximum Gasteiger partial charge on any atom is 0.254 e. The van der Waals surface area contributed by atoms with Crippen molar-refractivity contribution in [1.82, 2.24) is 15.2 Å². The molecule has 1 saturated carbocycles. The fourth-order valence-electron chi connectivity index (χ4n) is 3.16. The molecule has 1 N–H and O–H groups in total. The SMILES string of the molecule is CNC(=O)c1cc2c(nc1N(C)C)CCN(CC1CC1)CC2. The highest BCUT2D eigenvalue weighted by atomic mass is 16.1. The largest absolute Gasteiger partial charge is 0.362 e. The Morgan fingerprint density at radius 2 is 2.09 bits per heavy atom. The molecule has 120 valence electrons. The lowest BCUT2D eigenvalue weighted by molar-refractivity contribution is 0.0963. The first-order valence-electron chi connectivity index (χ1n) is 8.23. The van der Waals surface area contributed by atoms with Crippen LogP contribution in [0.15, 0.2) is 6.07 Å². The van der Waals surface area contributed by atoms with E-state index in [0.717, 1.165) is 43.4 Å². The second-order valence-corrected chi connectivity index (χ2v) is 6.68. The summed E-state index contributed by atoms with van der Waals surface area (Å²) in [5.74, 6) is 1.64. The summed E-state index contributed by atoms with van der Waals surface area (Å²) in [6.07, 6.45) is 4.77. The Hall–Kier alpha value is -1.62. The molecular formula is C17H26N4O. The van der Waals surface area contributed by atoms with Gasteiger partial charge >= 0.3 is 0 Å². The summed E-state index contributed by atoms with van der Waals surface area (Å²) in [6.45, 7) is 3.40. The van der Waals surface area contributed by atoms with E-state index in [4.69, 9.17) is 4.98 Å². The minimum atomic E-state index is -0.0573. The Bertz CT molecular complexity index is 566. The third-order valence-electron chi connectivity index (χ3n) is 4.64. The molecule has 0 aromatic carbocycles. The molecule has 0 spiro atoms. The van der Waals surface area contributed by atoms with Crippen molar-refractivity contribution < 1.29 is 4.79 Å². The lowest BCUT2D eigenvalue weighted by atomic mass is 10.0. The van der Waals surface area contributed by atoms with E-state index in [2.05, 4.69) is 16.3 Å². The molecule has 0 saturated heterocycles. The van der Waals surface area contributed by atoms with E-state index in [0.29, 0.717) is 5.56 Å². The van der Waals surface area contributed by atoms with Crippen LogP contribution < -0.4 is 10.2 Å². The number of nitrogens with zero attached hydrogens (tertiary/aromatic N) is 3. The van der Waals surface area contributed by atoms with Crippen molar-refractivity contribution in [1.29, 1.82) is 0 Å². The minimum absolute atomic E-state index is 0.0573. The maximum atomic E-state index is 12.1. The summed E-state index contributed by atoms with van der Waals surface area (Å²) in [6, 6.07) is 2.05. The normalized spacial score (nSPS) is 18.5. The average Bonchev–Trinajstić information content (AvgIpc) is 3.33. The quantitative estimate of drug-likeness (QED) is 0.911. The van der Waals surface area contributed by atoms with Crippen LogP contribution in [-0.4, -0.2) is 56.6 Å². The first kappa shape index (κ1) is 15.3. The minimum Gasteiger partial charge on any atom is -0.362 e. The van der Waals surface area contributed by atoms with Gasteiger partial charge < -0.3 is 15.1 Å². The highest BCUT2D eigenvalue weighted by molar-refractivity contribution is 5.99. The first-order chi connectivity index (χ1) is 10.6. The standard InChI is InChI=1S/C17H26N4O/c1-18-17(22)14-10-13-6-8-21(11-12-4-5-12)9-7-15(13)19-16(14)20(2)3/h10,12H,4-9,11H2,1-3H3,(H,18,22). The number of amides is 1. The molecule has 0 bridgehead atoms. The smallest absolute Gasteiger partial charge is 0.254 e. The fourth-order valence-corrected chi connectivity index (χ4v) is 3.16. The van der Waals surface area contributed by atoms with E-state index in [1.54, 1.807) is 7.05 Å². The van der Waals surface area contributed by atoms with Gasteiger partial charge in [0.2, 0.25) is 0 Å². The van der Waals surface area contributed by atoms with Crippen molar-refractivity contribution >= 4 is 11.7 Å². The van der Waals surface area contributed by atoms with Crippen LogP contribution >= 0.6 is 0 Å². The number of carbonyl (C=O) groups excluding carboxylic acids is 1. The van der Waals surface area contributed by atoms with Crippen LogP contribution in [0.4, 0.5) is 5.82 Å². The molecule has 1 aromatic heterocycles. The molecule has 1 amide bonds. The zero-order valence-corrected chi connectivity index (χ0v) is 13.9. The third kappa shape index (κ3) is 3.24. The van der Waals surface area contributed by atoms with E-state index in [1.165, 1.54) is 24.9 Å². The van der Waals surface area contributed by atoms with Gasteiger partial charge in [-0.15, -0.1) is 0 Å². The number of anilines is 1. The van der Waals surface area contributed by atoms with Crippen molar-refractivity contribution in [3.63, 3.8) is 0 Å². The number of pyridine rings is 1. The van der Waals surface area contributed by atoms with E-state index in [1.807, 2.05) is 19.0 Å². The number of aromatic nitrogens is 1. The number of carbonyl (C=O) groups is 1. The van der Waals surface area contributed by atoms with Gasteiger partial charge in [0, 0.05) is 52.9 Å². The summed E-state index contributed by atoms with van der Waals surface area (Å²) in [5, 5.41) is 2.73. The van der Waals surface area contributed by atoms with Gasteiger partial charge in [0.15, 0.2) is 0 Å². The van der Waals surface area contributed by atoms with Gasteiger partial charge in [-0.2, -0.15) is 0 Å². The molecule has 1 aliphatic heterocycles. The Morgan fingerprint density at radius 3 is 2.73 bits per heavy atom. The van der Waals surface area contributed by atoms with Crippen LogP contribution in [0.25, 0.3) is 0 Å². The van der Waals surface area contributed by atoms with Crippen LogP contribution in [0.1, 0.15) is 34.5 Å².